The molecule has 4 aliphatic rings. The third-order valence-corrected chi connectivity index (χ3v) is 13.5. The normalized spacial score (nSPS) is 29.6. The summed E-state index contributed by atoms with van der Waals surface area (Å²) in [4.78, 5) is 69.5. The van der Waals surface area contributed by atoms with Crippen molar-refractivity contribution in [2.75, 3.05) is 11.9 Å². The summed E-state index contributed by atoms with van der Waals surface area (Å²) in [5, 5.41) is 6.85. The van der Waals surface area contributed by atoms with Crippen molar-refractivity contribution in [2.24, 2.45) is 17.8 Å². The van der Waals surface area contributed by atoms with Crippen LogP contribution >= 0.6 is 0 Å². The number of benzene rings is 1. The number of sulfonamides is 1. The van der Waals surface area contributed by atoms with Crippen LogP contribution in [0.15, 0.2) is 36.4 Å². The molecule has 1 aromatic carbocycles. The standard InChI is InChI=1S/C37H47F6N5O9S/c1-20-10-6-7-11-22-18-35(22,30(51)47-58(54,55)34(5)14-15-34)46-28(49)26-17-23(56-31(52)44-25-13-9-8-12-24(25)36(38,39)40)19-48(26)29(50)27(21(2)16-20)45-32(53)57-33(3,4)37(41,42)43/h7-9,11-13,20-23,26-27H,6,10,14-19H2,1-5H3,(H,44,52)(H,45,53)(H,46,49)(H,47,51)/b11-7-/t20-,21-,22-,23-,26+,27+,35-/m1/s1. The first-order chi connectivity index (χ1) is 26.7. The van der Waals surface area contributed by atoms with Crippen LogP contribution in [0, 0.1) is 17.8 Å². The maximum atomic E-state index is 14.5. The zero-order valence-electron chi connectivity index (χ0n) is 32.4. The molecular formula is C37H47F6N5O9S. The molecule has 0 bridgehead atoms. The number of carbonyl (C=O) groups excluding carboxylic acids is 5. The lowest BCUT2D eigenvalue weighted by atomic mass is 9.88. The van der Waals surface area contributed by atoms with Gasteiger partial charge in [0.25, 0.3) is 5.91 Å². The fraction of sp³-hybridized carbons (Fsp3) is 0.649. The van der Waals surface area contributed by atoms with E-state index in [-0.39, 0.29) is 18.8 Å². The fourth-order valence-corrected chi connectivity index (χ4v) is 8.49. The second-order valence-corrected chi connectivity index (χ2v) is 18.6. The summed E-state index contributed by atoms with van der Waals surface area (Å²) in [6.07, 6.45) is -9.43. The number of alkyl halides is 6. The average molecular weight is 852 g/mol. The number of halogens is 6. The van der Waals surface area contributed by atoms with E-state index in [2.05, 4.69) is 15.4 Å². The summed E-state index contributed by atoms with van der Waals surface area (Å²) >= 11 is 0. The van der Waals surface area contributed by atoms with Crippen LogP contribution in [0.4, 0.5) is 41.6 Å². The van der Waals surface area contributed by atoms with Crippen molar-refractivity contribution in [3.63, 3.8) is 0 Å². The highest BCUT2D eigenvalue weighted by Gasteiger charge is 2.63. The summed E-state index contributed by atoms with van der Waals surface area (Å²) in [5.41, 5.74) is -6.60. The lowest BCUT2D eigenvalue weighted by Crippen LogP contribution is -2.59. The van der Waals surface area contributed by atoms with E-state index in [0.29, 0.717) is 39.5 Å². The zero-order chi connectivity index (χ0) is 43.2. The van der Waals surface area contributed by atoms with Crippen LogP contribution in [-0.4, -0.2) is 90.0 Å². The molecule has 5 amide bonds. The monoisotopic (exact) mass is 851 g/mol. The Morgan fingerprint density at radius 1 is 0.983 bits per heavy atom. The second kappa shape index (κ2) is 15.9. The predicted molar refractivity (Wildman–Crippen MR) is 194 cm³/mol. The number of anilines is 1. The smallest absolute Gasteiger partial charge is 0.427 e. The Hall–Kier alpha value is -4.56. The highest BCUT2D eigenvalue weighted by atomic mass is 32.2. The molecule has 21 heteroatoms. The first kappa shape index (κ1) is 44.5. The highest BCUT2D eigenvalue weighted by Crippen LogP contribution is 2.48. The molecule has 3 fully saturated rings. The van der Waals surface area contributed by atoms with Crippen LogP contribution < -0.4 is 20.7 Å². The third-order valence-electron chi connectivity index (χ3n) is 11.3. The van der Waals surface area contributed by atoms with Crippen molar-refractivity contribution in [1.82, 2.24) is 20.3 Å². The number of amides is 5. The molecule has 0 spiro atoms. The van der Waals surface area contributed by atoms with Crippen molar-refractivity contribution in [3.8, 4) is 0 Å². The van der Waals surface area contributed by atoms with Gasteiger partial charge in [-0.1, -0.05) is 38.1 Å². The molecule has 322 valence electrons. The molecule has 0 radical (unpaired) electrons. The van der Waals surface area contributed by atoms with Gasteiger partial charge in [-0.15, -0.1) is 0 Å². The summed E-state index contributed by atoms with van der Waals surface area (Å²) in [7, 11) is -4.17. The van der Waals surface area contributed by atoms with Crippen LogP contribution in [-0.2, 0) is 40.1 Å². The number of fused-ring (bicyclic) bond motifs is 2. The molecule has 5 rings (SSSR count). The number of rotatable bonds is 7. The van der Waals surface area contributed by atoms with Gasteiger partial charge in [-0.25, -0.2) is 18.0 Å². The zero-order valence-corrected chi connectivity index (χ0v) is 33.2. The SMILES string of the molecule is C[C@@H]1CC/C=C\[C@@H]2C[C@@]2(C(=O)NS(=O)(=O)C2(C)CC2)NC(=O)[C@@H]2C[C@@H](OC(=O)Nc3ccccc3C(F)(F)F)CN2C(=O)[C@@H](NC(=O)OC(C)(C)C(F)(F)F)[C@H](C)C1. The molecule has 4 N–H and O–H groups in total. The first-order valence-electron chi connectivity index (χ1n) is 18.8. The molecule has 2 aliphatic carbocycles. The summed E-state index contributed by atoms with van der Waals surface area (Å²) in [6, 6.07) is 0.833. The third kappa shape index (κ3) is 9.65. The number of ether oxygens (including phenoxy) is 2. The summed E-state index contributed by atoms with van der Waals surface area (Å²) in [6.45, 7) is 5.51. The van der Waals surface area contributed by atoms with Gasteiger partial charge in [0, 0.05) is 12.3 Å². The molecule has 1 aromatic rings. The maximum absolute atomic E-state index is 14.5. The Bertz CT molecular complexity index is 1940. The van der Waals surface area contributed by atoms with Gasteiger partial charge in [-0.3, -0.25) is 24.4 Å². The largest absolute Gasteiger partial charge is 0.444 e. The predicted octanol–water partition coefficient (Wildman–Crippen LogP) is 5.54. The Morgan fingerprint density at radius 3 is 2.26 bits per heavy atom. The van der Waals surface area contributed by atoms with Crippen molar-refractivity contribution < 1.29 is 68.2 Å². The van der Waals surface area contributed by atoms with Crippen LogP contribution in [0.3, 0.4) is 0 Å². The Kier molecular flexibility index (Phi) is 12.2. The molecule has 58 heavy (non-hydrogen) atoms. The minimum absolute atomic E-state index is 0.0213. The molecule has 7 atom stereocenters. The fourth-order valence-electron chi connectivity index (χ4n) is 7.17. The minimum Gasteiger partial charge on any atom is -0.444 e. The van der Waals surface area contributed by atoms with Crippen molar-refractivity contribution in [1.29, 1.82) is 0 Å². The van der Waals surface area contributed by atoms with Crippen LogP contribution in [0.2, 0.25) is 0 Å². The van der Waals surface area contributed by atoms with Gasteiger partial charge in [0.2, 0.25) is 27.4 Å². The first-order valence-corrected chi connectivity index (χ1v) is 20.2. The number of nitrogens with one attached hydrogen (secondary N) is 4. The van der Waals surface area contributed by atoms with Crippen LogP contribution in [0.25, 0.3) is 0 Å². The number of alkyl carbamates (subject to hydrolysis) is 1. The lowest BCUT2D eigenvalue weighted by Gasteiger charge is -2.34. The number of nitrogens with zero attached hydrogens (tertiary/aromatic N) is 1. The van der Waals surface area contributed by atoms with E-state index in [9.17, 15) is 58.7 Å². The van der Waals surface area contributed by atoms with Gasteiger partial charge in [0.1, 0.15) is 23.7 Å². The molecule has 2 aliphatic heterocycles. The summed E-state index contributed by atoms with van der Waals surface area (Å²) in [5.74, 6) is -4.62. The van der Waals surface area contributed by atoms with Crippen molar-refractivity contribution in [2.45, 2.75) is 126 Å². The van der Waals surface area contributed by atoms with E-state index in [4.69, 9.17) is 9.47 Å². The Morgan fingerprint density at radius 2 is 1.64 bits per heavy atom. The van der Waals surface area contributed by atoms with E-state index in [1.54, 1.807) is 19.1 Å². The number of hydrogen-bond acceptors (Lipinski definition) is 9. The van der Waals surface area contributed by atoms with Crippen LogP contribution in [0.1, 0.15) is 85.1 Å². The minimum atomic E-state index is -4.99. The quantitative estimate of drug-likeness (QED) is 0.202. The number of carbonyl (C=O) groups is 5. The second-order valence-electron chi connectivity index (χ2n) is 16.4. The molecular weight excluding hydrogens is 804 g/mol. The average Bonchev–Trinajstić information content (AvgIpc) is 3.97. The molecule has 2 heterocycles. The number of allylic oxidation sites excluding steroid dienone is 1. The molecule has 1 saturated heterocycles. The highest BCUT2D eigenvalue weighted by molar-refractivity contribution is 7.91. The van der Waals surface area contributed by atoms with E-state index >= 15 is 0 Å². The molecule has 0 unspecified atom stereocenters. The lowest BCUT2D eigenvalue weighted by molar-refractivity contribution is -0.244. The van der Waals surface area contributed by atoms with Crippen molar-refractivity contribution >= 4 is 45.6 Å². The topological polar surface area (TPSA) is 189 Å². The van der Waals surface area contributed by atoms with E-state index in [0.717, 1.165) is 23.1 Å². The van der Waals surface area contributed by atoms with E-state index in [1.165, 1.54) is 13.0 Å². The maximum Gasteiger partial charge on any atom is 0.427 e. The number of para-hydroxylation sites is 1. The summed E-state index contributed by atoms with van der Waals surface area (Å²) < 4.78 is 119. The van der Waals surface area contributed by atoms with E-state index in [1.807, 2.05) is 12.2 Å². The van der Waals surface area contributed by atoms with Gasteiger partial charge >= 0.3 is 24.5 Å². The van der Waals surface area contributed by atoms with Crippen molar-refractivity contribution in [3.05, 3.63) is 42.0 Å². The molecule has 0 aromatic heterocycles. The van der Waals surface area contributed by atoms with Gasteiger partial charge in [-0.05, 0) is 83.3 Å². The Labute approximate surface area is 331 Å². The van der Waals surface area contributed by atoms with Gasteiger partial charge < -0.3 is 25.0 Å². The molecule has 2 saturated carbocycles. The van der Waals surface area contributed by atoms with E-state index < -0.39 is 122 Å². The molecule has 14 nitrogen and oxygen atoms in total. The Balaban J connectivity index is 1.48. The van der Waals surface area contributed by atoms with Crippen LogP contribution in [0.5, 0.6) is 0 Å². The van der Waals surface area contributed by atoms with Gasteiger partial charge in [0.15, 0.2) is 0 Å². The van der Waals surface area contributed by atoms with Gasteiger partial charge in [-0.2, -0.15) is 26.3 Å². The number of hydrogen-bond donors (Lipinski definition) is 4. The van der Waals surface area contributed by atoms with Gasteiger partial charge in [0.05, 0.1) is 22.5 Å².